The highest BCUT2D eigenvalue weighted by Gasteiger charge is 2.54. The maximum absolute atomic E-state index is 13.2. The van der Waals surface area contributed by atoms with Crippen LogP contribution in [0.5, 0.6) is 0 Å². The second kappa shape index (κ2) is 8.85. The molecule has 0 bridgehead atoms. The van der Waals surface area contributed by atoms with Crippen LogP contribution < -0.4 is 10.6 Å². The van der Waals surface area contributed by atoms with Crippen molar-refractivity contribution in [2.45, 2.75) is 76.4 Å². The van der Waals surface area contributed by atoms with Gasteiger partial charge in [0.15, 0.2) is 0 Å². The third-order valence-corrected chi connectivity index (χ3v) is 6.52. The minimum absolute atomic E-state index is 0.0152. The van der Waals surface area contributed by atoms with Crippen molar-refractivity contribution in [3.8, 4) is 0 Å². The number of rotatable bonds is 6. The molecule has 1 saturated heterocycles. The third kappa shape index (κ3) is 5.15. The first-order valence-electron chi connectivity index (χ1n) is 10.5. The molecular weight excluding hydrogens is 397 g/mol. The summed E-state index contributed by atoms with van der Waals surface area (Å²) < 4.78 is 44.2. The molecule has 1 aromatic carbocycles. The van der Waals surface area contributed by atoms with Crippen molar-refractivity contribution in [1.82, 2.24) is 10.6 Å². The molecule has 1 heterocycles. The number of nitrogens with one attached hydrogen (secondary N) is 2. The summed E-state index contributed by atoms with van der Waals surface area (Å²) in [5.41, 5.74) is -2.61. The summed E-state index contributed by atoms with van der Waals surface area (Å²) in [5.74, 6) is -0.316. The average Bonchev–Trinajstić information content (AvgIpc) is 3.12. The molecule has 2 fully saturated rings. The van der Waals surface area contributed by atoms with Crippen LogP contribution in [0.3, 0.4) is 0 Å². The van der Waals surface area contributed by atoms with Crippen molar-refractivity contribution in [1.29, 1.82) is 0 Å². The molecule has 0 spiro atoms. The van der Waals surface area contributed by atoms with Gasteiger partial charge in [-0.3, -0.25) is 4.79 Å². The molecule has 1 amide bonds. The van der Waals surface area contributed by atoms with E-state index in [0.29, 0.717) is 24.4 Å². The number of benzene rings is 1. The average molecular weight is 428 g/mol. The van der Waals surface area contributed by atoms with E-state index < -0.39 is 22.8 Å². The topological polar surface area (TPSA) is 70.6 Å². The maximum atomic E-state index is 13.2. The van der Waals surface area contributed by atoms with E-state index in [1.807, 2.05) is 0 Å². The fourth-order valence-corrected chi connectivity index (χ4v) is 4.63. The summed E-state index contributed by atoms with van der Waals surface area (Å²) >= 11 is 0. The molecule has 0 aromatic heterocycles. The Kier molecular flexibility index (Phi) is 6.79. The molecule has 3 rings (SSSR count). The van der Waals surface area contributed by atoms with E-state index in [-0.39, 0.29) is 18.5 Å². The zero-order chi connectivity index (χ0) is 22.0. The van der Waals surface area contributed by atoms with Crippen molar-refractivity contribution < 1.29 is 27.8 Å². The van der Waals surface area contributed by atoms with E-state index >= 15 is 0 Å². The van der Waals surface area contributed by atoms with Crippen molar-refractivity contribution in [2.75, 3.05) is 13.2 Å². The number of alkyl halides is 3. The molecule has 1 saturated carbocycles. The number of halogens is 3. The summed E-state index contributed by atoms with van der Waals surface area (Å²) in [4.78, 5) is 13.2. The highest BCUT2D eigenvalue weighted by molar-refractivity contribution is 5.84. The molecule has 168 valence electrons. The normalized spacial score (nSPS) is 26.0. The Morgan fingerprint density at radius 1 is 1.20 bits per heavy atom. The van der Waals surface area contributed by atoms with E-state index in [1.165, 1.54) is 6.07 Å². The number of carbonyl (C=O) groups is 1. The SMILES string of the molecule is CC(C)(O)[C@]1(C(=O)NCc2cccc(C(F)(F)F)c2)CCC(NC2CCOCC2)C1. The quantitative estimate of drug-likeness (QED) is 0.650. The van der Waals surface area contributed by atoms with Crippen LogP contribution in [-0.2, 0) is 22.3 Å². The largest absolute Gasteiger partial charge is 0.416 e. The molecule has 30 heavy (non-hydrogen) atoms. The van der Waals surface area contributed by atoms with Crippen LogP contribution in [0.15, 0.2) is 24.3 Å². The van der Waals surface area contributed by atoms with Crippen molar-refractivity contribution in [3.05, 3.63) is 35.4 Å². The first kappa shape index (κ1) is 23.0. The lowest BCUT2D eigenvalue weighted by Crippen LogP contribution is -2.53. The van der Waals surface area contributed by atoms with Crippen LogP contribution in [0.4, 0.5) is 13.2 Å². The third-order valence-electron chi connectivity index (χ3n) is 6.52. The molecule has 1 aromatic rings. The Morgan fingerprint density at radius 3 is 2.53 bits per heavy atom. The molecule has 3 N–H and O–H groups in total. The second-order valence-electron chi connectivity index (χ2n) is 9.01. The van der Waals surface area contributed by atoms with Gasteiger partial charge in [0.1, 0.15) is 0 Å². The van der Waals surface area contributed by atoms with E-state index in [2.05, 4.69) is 10.6 Å². The van der Waals surface area contributed by atoms with Gasteiger partial charge in [-0.1, -0.05) is 12.1 Å². The number of aliphatic hydroxyl groups is 1. The van der Waals surface area contributed by atoms with Crippen LogP contribution in [0.25, 0.3) is 0 Å². The maximum Gasteiger partial charge on any atom is 0.416 e. The fraction of sp³-hybridized carbons (Fsp3) is 0.682. The molecular formula is C22H31F3N2O3. The van der Waals surface area contributed by atoms with Gasteiger partial charge >= 0.3 is 6.18 Å². The molecule has 1 aliphatic carbocycles. The lowest BCUT2D eigenvalue weighted by molar-refractivity contribution is -0.146. The molecule has 1 unspecified atom stereocenters. The van der Waals surface area contributed by atoms with Gasteiger partial charge in [-0.25, -0.2) is 0 Å². The van der Waals surface area contributed by atoms with Crippen molar-refractivity contribution in [2.24, 2.45) is 5.41 Å². The number of carbonyl (C=O) groups excluding carboxylic acids is 1. The zero-order valence-electron chi connectivity index (χ0n) is 17.5. The number of amides is 1. The highest BCUT2D eigenvalue weighted by atomic mass is 19.4. The predicted octanol–water partition coefficient (Wildman–Crippen LogP) is 3.40. The lowest BCUT2D eigenvalue weighted by Gasteiger charge is -2.39. The van der Waals surface area contributed by atoms with E-state index in [0.717, 1.165) is 44.6 Å². The number of hydrogen-bond donors (Lipinski definition) is 3. The summed E-state index contributed by atoms with van der Waals surface area (Å²) in [7, 11) is 0. The molecule has 1 aliphatic heterocycles. The van der Waals surface area contributed by atoms with Gasteiger partial charge in [-0.15, -0.1) is 0 Å². The second-order valence-corrected chi connectivity index (χ2v) is 9.01. The predicted molar refractivity (Wildman–Crippen MR) is 107 cm³/mol. The van der Waals surface area contributed by atoms with Crippen LogP contribution in [-0.4, -0.2) is 41.9 Å². The first-order chi connectivity index (χ1) is 14.0. The van der Waals surface area contributed by atoms with E-state index in [4.69, 9.17) is 4.74 Å². The Balaban J connectivity index is 1.66. The van der Waals surface area contributed by atoms with Crippen LogP contribution in [0.1, 0.15) is 57.1 Å². The van der Waals surface area contributed by atoms with Gasteiger partial charge in [0, 0.05) is 31.8 Å². The molecule has 2 aliphatic rings. The fourth-order valence-electron chi connectivity index (χ4n) is 4.63. The zero-order valence-corrected chi connectivity index (χ0v) is 17.5. The Morgan fingerprint density at radius 2 is 1.90 bits per heavy atom. The highest BCUT2D eigenvalue weighted by Crippen LogP contribution is 2.47. The van der Waals surface area contributed by atoms with Crippen LogP contribution in [0, 0.1) is 5.41 Å². The van der Waals surface area contributed by atoms with Gasteiger partial charge in [0.25, 0.3) is 0 Å². The van der Waals surface area contributed by atoms with Crippen molar-refractivity contribution in [3.63, 3.8) is 0 Å². The van der Waals surface area contributed by atoms with Gasteiger partial charge in [-0.05, 0) is 63.6 Å². The monoisotopic (exact) mass is 428 g/mol. The summed E-state index contributed by atoms with van der Waals surface area (Å²) in [5, 5.41) is 17.2. The van der Waals surface area contributed by atoms with Gasteiger partial charge in [-0.2, -0.15) is 13.2 Å². The van der Waals surface area contributed by atoms with E-state index in [9.17, 15) is 23.1 Å². The minimum atomic E-state index is -4.43. The standard InChI is InChI=1S/C22H31F3N2O3/c1-20(2,29)21(9-6-18(13-21)27-17-7-10-30-11-8-17)19(28)26-14-15-4-3-5-16(12-15)22(23,24)25/h3-5,12,17-18,27,29H,6-11,13-14H2,1-2H3,(H,26,28)/t18?,21-/m1/s1. The molecule has 0 radical (unpaired) electrons. The van der Waals surface area contributed by atoms with Gasteiger partial charge < -0.3 is 20.5 Å². The first-order valence-corrected chi connectivity index (χ1v) is 10.5. The number of ether oxygens (including phenoxy) is 1. The minimum Gasteiger partial charge on any atom is -0.389 e. The summed E-state index contributed by atoms with van der Waals surface area (Å²) in [6, 6.07) is 5.39. The van der Waals surface area contributed by atoms with E-state index in [1.54, 1.807) is 19.9 Å². The molecule has 5 nitrogen and oxygen atoms in total. The lowest BCUT2D eigenvalue weighted by atomic mass is 9.71. The van der Waals surface area contributed by atoms with Crippen molar-refractivity contribution >= 4 is 5.91 Å². The van der Waals surface area contributed by atoms with Gasteiger partial charge in [0.2, 0.25) is 5.91 Å². The Bertz CT molecular complexity index is 742. The van der Waals surface area contributed by atoms with Gasteiger partial charge in [0.05, 0.1) is 16.6 Å². The summed E-state index contributed by atoms with van der Waals surface area (Å²) in [6.45, 7) is 4.69. The van der Waals surface area contributed by atoms with Crippen LogP contribution in [0.2, 0.25) is 0 Å². The summed E-state index contributed by atoms with van der Waals surface area (Å²) in [6.07, 6.45) is -0.809. The Labute approximate surface area is 175 Å². The molecule has 2 atom stereocenters. The Hall–Kier alpha value is -1.64. The molecule has 8 heteroatoms. The smallest absolute Gasteiger partial charge is 0.389 e. The number of hydrogen-bond acceptors (Lipinski definition) is 4. The van der Waals surface area contributed by atoms with Crippen LogP contribution >= 0.6 is 0 Å².